The third-order valence-corrected chi connectivity index (χ3v) is 3.16. The van der Waals surface area contributed by atoms with E-state index in [4.69, 9.17) is 11.5 Å². The van der Waals surface area contributed by atoms with Crippen LogP contribution in [0.25, 0.3) is 0 Å². The number of carbonyl (C=O) groups is 2. The Morgan fingerprint density at radius 3 is 2.24 bits per heavy atom. The first kappa shape index (κ1) is 15.9. The first-order valence-electron chi connectivity index (χ1n) is 6.19. The van der Waals surface area contributed by atoms with Crippen molar-refractivity contribution >= 4 is 11.8 Å². The molecule has 0 aliphatic heterocycles. The predicted molar refractivity (Wildman–Crippen MR) is 68.1 cm³/mol. The van der Waals surface area contributed by atoms with E-state index in [-0.39, 0.29) is 19.0 Å². The molecule has 100 valence electrons. The van der Waals surface area contributed by atoms with E-state index in [1.54, 1.807) is 0 Å². The summed E-state index contributed by atoms with van der Waals surface area (Å²) in [5.41, 5.74) is 10.2. The number of hydrogen-bond acceptors (Lipinski definition) is 3. The summed E-state index contributed by atoms with van der Waals surface area (Å²) in [6.07, 6.45) is 2.49. The van der Waals surface area contributed by atoms with E-state index in [2.05, 4.69) is 0 Å². The second kappa shape index (κ2) is 7.27. The molecule has 17 heavy (non-hydrogen) atoms. The van der Waals surface area contributed by atoms with E-state index in [1.807, 2.05) is 20.8 Å². The van der Waals surface area contributed by atoms with Crippen LogP contribution in [-0.2, 0) is 9.59 Å². The molecule has 0 rings (SSSR count). The standard InChI is InChI=1S/C12H25N3O2/c1-4-6-7-15(8-10(14)16)11(17)12(3,5-2)9-13/h4-9,13H2,1-3H3,(H2,14,16). The highest BCUT2D eigenvalue weighted by atomic mass is 16.2. The summed E-state index contributed by atoms with van der Waals surface area (Å²) in [5.74, 6) is -0.556. The molecule has 1 unspecified atom stereocenters. The third kappa shape index (κ3) is 4.73. The van der Waals surface area contributed by atoms with Gasteiger partial charge in [-0.1, -0.05) is 20.3 Å². The summed E-state index contributed by atoms with van der Waals surface area (Å²) in [4.78, 5) is 24.8. The van der Waals surface area contributed by atoms with Gasteiger partial charge in [0, 0.05) is 13.1 Å². The molecular formula is C12H25N3O2. The molecule has 5 heteroatoms. The molecule has 0 aromatic heterocycles. The predicted octanol–water partition coefficient (Wildman–Crippen LogP) is 0.475. The second-order valence-electron chi connectivity index (χ2n) is 4.66. The molecule has 0 aliphatic carbocycles. The Morgan fingerprint density at radius 2 is 1.88 bits per heavy atom. The molecule has 0 saturated carbocycles. The van der Waals surface area contributed by atoms with E-state index in [1.165, 1.54) is 4.90 Å². The van der Waals surface area contributed by atoms with Gasteiger partial charge in [0.05, 0.1) is 12.0 Å². The fourth-order valence-electron chi connectivity index (χ4n) is 1.55. The van der Waals surface area contributed by atoms with Gasteiger partial charge in [-0.15, -0.1) is 0 Å². The minimum Gasteiger partial charge on any atom is -0.368 e. The average molecular weight is 243 g/mol. The van der Waals surface area contributed by atoms with Crippen molar-refractivity contribution in [3.8, 4) is 0 Å². The Kier molecular flexibility index (Phi) is 6.80. The Labute approximate surface area is 104 Å². The zero-order chi connectivity index (χ0) is 13.5. The van der Waals surface area contributed by atoms with Crippen molar-refractivity contribution in [3.05, 3.63) is 0 Å². The lowest BCUT2D eigenvalue weighted by Crippen LogP contribution is -2.49. The van der Waals surface area contributed by atoms with Crippen LogP contribution in [0, 0.1) is 5.41 Å². The van der Waals surface area contributed by atoms with Crippen LogP contribution in [0.15, 0.2) is 0 Å². The smallest absolute Gasteiger partial charge is 0.237 e. The van der Waals surface area contributed by atoms with Crippen LogP contribution in [-0.4, -0.2) is 36.3 Å². The topological polar surface area (TPSA) is 89.4 Å². The lowest BCUT2D eigenvalue weighted by molar-refractivity contribution is -0.143. The molecule has 2 amide bonds. The monoisotopic (exact) mass is 243 g/mol. The number of hydrogen-bond donors (Lipinski definition) is 2. The van der Waals surface area contributed by atoms with E-state index in [0.717, 1.165) is 12.8 Å². The van der Waals surface area contributed by atoms with Crippen molar-refractivity contribution in [1.82, 2.24) is 4.90 Å². The Bertz CT molecular complexity index is 262. The quantitative estimate of drug-likeness (QED) is 0.649. The van der Waals surface area contributed by atoms with Gasteiger partial charge < -0.3 is 16.4 Å². The van der Waals surface area contributed by atoms with E-state index >= 15 is 0 Å². The summed E-state index contributed by atoms with van der Waals surface area (Å²) in [7, 11) is 0. The van der Waals surface area contributed by atoms with Gasteiger partial charge in [-0.25, -0.2) is 0 Å². The highest BCUT2D eigenvalue weighted by Gasteiger charge is 2.33. The van der Waals surface area contributed by atoms with E-state index in [0.29, 0.717) is 13.0 Å². The van der Waals surface area contributed by atoms with Gasteiger partial charge in [-0.3, -0.25) is 9.59 Å². The number of primary amides is 1. The molecule has 1 atom stereocenters. The highest BCUT2D eigenvalue weighted by molar-refractivity contribution is 5.87. The van der Waals surface area contributed by atoms with E-state index < -0.39 is 11.3 Å². The highest BCUT2D eigenvalue weighted by Crippen LogP contribution is 2.22. The van der Waals surface area contributed by atoms with Crippen LogP contribution in [0.3, 0.4) is 0 Å². The molecule has 0 fully saturated rings. The molecule has 0 bridgehead atoms. The zero-order valence-corrected chi connectivity index (χ0v) is 11.2. The van der Waals surface area contributed by atoms with Gasteiger partial charge in [-0.2, -0.15) is 0 Å². The Hall–Kier alpha value is -1.10. The number of unbranched alkanes of at least 4 members (excludes halogenated alkanes) is 1. The Balaban J connectivity index is 4.77. The van der Waals surface area contributed by atoms with Crippen molar-refractivity contribution in [3.63, 3.8) is 0 Å². The number of carbonyl (C=O) groups excluding carboxylic acids is 2. The van der Waals surface area contributed by atoms with E-state index in [9.17, 15) is 9.59 Å². The fourth-order valence-corrected chi connectivity index (χ4v) is 1.55. The van der Waals surface area contributed by atoms with Crippen LogP contribution in [0.4, 0.5) is 0 Å². The molecule has 4 N–H and O–H groups in total. The van der Waals surface area contributed by atoms with Gasteiger partial charge in [0.15, 0.2) is 0 Å². The molecule has 5 nitrogen and oxygen atoms in total. The molecule has 0 aromatic carbocycles. The lowest BCUT2D eigenvalue weighted by atomic mass is 9.86. The second-order valence-corrected chi connectivity index (χ2v) is 4.66. The maximum Gasteiger partial charge on any atom is 0.237 e. The van der Waals surface area contributed by atoms with Crippen molar-refractivity contribution in [2.45, 2.75) is 40.0 Å². The zero-order valence-electron chi connectivity index (χ0n) is 11.2. The van der Waals surface area contributed by atoms with Crippen LogP contribution < -0.4 is 11.5 Å². The SMILES string of the molecule is CCCCN(CC(N)=O)C(=O)C(C)(CC)CN. The average Bonchev–Trinajstić information content (AvgIpc) is 2.32. The molecule has 0 radical (unpaired) electrons. The minimum atomic E-state index is -0.594. The molecule has 0 aliphatic rings. The summed E-state index contributed by atoms with van der Waals surface area (Å²) >= 11 is 0. The number of rotatable bonds is 8. The number of nitrogens with two attached hydrogens (primary N) is 2. The third-order valence-electron chi connectivity index (χ3n) is 3.16. The van der Waals surface area contributed by atoms with Crippen molar-refractivity contribution in [1.29, 1.82) is 0 Å². The fraction of sp³-hybridized carbons (Fsp3) is 0.833. The summed E-state index contributed by atoms with van der Waals surface area (Å²) in [6.45, 7) is 6.61. The molecule has 0 heterocycles. The van der Waals surface area contributed by atoms with Crippen LogP contribution in [0.2, 0.25) is 0 Å². The maximum absolute atomic E-state index is 12.3. The van der Waals surface area contributed by atoms with Crippen molar-refractivity contribution < 1.29 is 9.59 Å². The first-order valence-corrected chi connectivity index (χ1v) is 6.19. The minimum absolute atomic E-state index is 0.0194. The van der Waals surface area contributed by atoms with Gasteiger partial charge in [0.25, 0.3) is 0 Å². The number of amides is 2. The summed E-state index contributed by atoms with van der Waals surface area (Å²) < 4.78 is 0. The molecular weight excluding hydrogens is 218 g/mol. The van der Waals surface area contributed by atoms with Crippen molar-refractivity contribution in [2.75, 3.05) is 19.6 Å². The maximum atomic E-state index is 12.3. The largest absolute Gasteiger partial charge is 0.368 e. The van der Waals surface area contributed by atoms with Gasteiger partial charge >= 0.3 is 0 Å². The van der Waals surface area contributed by atoms with Gasteiger partial charge in [-0.05, 0) is 19.8 Å². The Morgan fingerprint density at radius 1 is 1.29 bits per heavy atom. The molecule has 0 saturated heterocycles. The molecule has 0 aromatic rings. The van der Waals surface area contributed by atoms with Crippen LogP contribution in [0.5, 0.6) is 0 Å². The molecule has 0 spiro atoms. The normalized spacial score (nSPS) is 14.1. The summed E-state index contributed by atoms with van der Waals surface area (Å²) in [6, 6.07) is 0. The van der Waals surface area contributed by atoms with Gasteiger partial charge in [0.1, 0.15) is 0 Å². The summed E-state index contributed by atoms with van der Waals surface area (Å²) in [5, 5.41) is 0. The first-order chi connectivity index (χ1) is 7.91. The van der Waals surface area contributed by atoms with Crippen molar-refractivity contribution in [2.24, 2.45) is 16.9 Å². The van der Waals surface area contributed by atoms with Gasteiger partial charge in [0.2, 0.25) is 11.8 Å². The lowest BCUT2D eigenvalue weighted by Gasteiger charge is -2.32. The van der Waals surface area contributed by atoms with Crippen LogP contribution >= 0.6 is 0 Å². The number of nitrogens with zero attached hydrogens (tertiary/aromatic N) is 1. The van der Waals surface area contributed by atoms with Crippen LogP contribution in [0.1, 0.15) is 40.0 Å².